The first-order valence-corrected chi connectivity index (χ1v) is 10.6. The standard InChI is InChI=1S/C24H27FN2O3/c1-27-13-20(19-11-16(25)7-9-21(19)27)15-6-8-17(10-15)26-12-18-14-29-23-5-3-4-22(28-2)24(23)30-18/h3-5,7,9,11,13,15,17-18,26H,6,8,10,12,14H2,1-2H3/t15-,17+,18-/m0/s1. The summed E-state index contributed by atoms with van der Waals surface area (Å²) in [5.74, 6) is 2.38. The molecule has 5 rings (SSSR count). The summed E-state index contributed by atoms with van der Waals surface area (Å²) >= 11 is 0. The molecule has 3 aromatic rings. The molecule has 3 atom stereocenters. The monoisotopic (exact) mass is 410 g/mol. The minimum atomic E-state index is -0.173. The lowest BCUT2D eigenvalue weighted by molar-refractivity contribution is 0.0844. The van der Waals surface area contributed by atoms with Crippen LogP contribution < -0.4 is 19.5 Å². The number of benzene rings is 2. The van der Waals surface area contributed by atoms with Gasteiger partial charge in [0.05, 0.1) is 7.11 Å². The Balaban J connectivity index is 1.22. The summed E-state index contributed by atoms with van der Waals surface area (Å²) in [4.78, 5) is 0. The van der Waals surface area contributed by atoms with Crippen molar-refractivity contribution in [2.45, 2.75) is 37.3 Å². The van der Waals surface area contributed by atoms with E-state index in [2.05, 4.69) is 16.1 Å². The number of hydrogen-bond acceptors (Lipinski definition) is 4. The van der Waals surface area contributed by atoms with Crippen molar-refractivity contribution in [2.24, 2.45) is 7.05 Å². The number of aromatic nitrogens is 1. The Labute approximate surface area is 175 Å². The molecule has 2 aliphatic rings. The summed E-state index contributed by atoms with van der Waals surface area (Å²) in [5.41, 5.74) is 2.34. The number of nitrogens with one attached hydrogen (secondary N) is 1. The average molecular weight is 410 g/mol. The molecular weight excluding hydrogens is 383 g/mol. The zero-order chi connectivity index (χ0) is 20.7. The minimum absolute atomic E-state index is 0.0560. The van der Waals surface area contributed by atoms with E-state index in [1.807, 2.05) is 31.3 Å². The quantitative estimate of drug-likeness (QED) is 0.678. The number of ether oxygens (including phenoxy) is 3. The fourth-order valence-electron chi connectivity index (χ4n) is 4.84. The molecule has 0 spiro atoms. The highest BCUT2D eigenvalue weighted by Gasteiger charge is 2.30. The molecule has 1 N–H and O–H groups in total. The summed E-state index contributed by atoms with van der Waals surface area (Å²) < 4.78 is 33.3. The van der Waals surface area contributed by atoms with Gasteiger partial charge in [-0.3, -0.25) is 0 Å². The maximum Gasteiger partial charge on any atom is 0.204 e. The van der Waals surface area contributed by atoms with Gasteiger partial charge in [0.2, 0.25) is 5.75 Å². The van der Waals surface area contributed by atoms with E-state index in [0.29, 0.717) is 30.1 Å². The van der Waals surface area contributed by atoms with E-state index >= 15 is 0 Å². The van der Waals surface area contributed by atoms with Gasteiger partial charge in [0.1, 0.15) is 18.5 Å². The topological polar surface area (TPSA) is 44.7 Å². The molecule has 0 amide bonds. The highest BCUT2D eigenvalue weighted by atomic mass is 19.1. The molecule has 158 valence electrons. The van der Waals surface area contributed by atoms with Gasteiger partial charge in [0.15, 0.2) is 11.5 Å². The largest absolute Gasteiger partial charge is 0.493 e. The molecule has 2 aromatic carbocycles. The zero-order valence-electron chi connectivity index (χ0n) is 17.4. The van der Waals surface area contributed by atoms with E-state index in [4.69, 9.17) is 14.2 Å². The van der Waals surface area contributed by atoms with E-state index in [1.165, 1.54) is 11.6 Å². The Morgan fingerprint density at radius 1 is 1.23 bits per heavy atom. The molecule has 0 saturated heterocycles. The van der Waals surface area contributed by atoms with Gasteiger partial charge in [-0.25, -0.2) is 4.39 Å². The first-order valence-electron chi connectivity index (χ1n) is 10.6. The molecule has 2 heterocycles. The first-order chi connectivity index (χ1) is 14.6. The van der Waals surface area contributed by atoms with Crippen molar-refractivity contribution in [1.82, 2.24) is 9.88 Å². The molecule has 0 unspecified atom stereocenters. The fraction of sp³-hybridized carbons (Fsp3) is 0.417. The van der Waals surface area contributed by atoms with Crippen LogP contribution >= 0.6 is 0 Å². The fourth-order valence-corrected chi connectivity index (χ4v) is 4.84. The van der Waals surface area contributed by atoms with Crippen LogP contribution in [0.4, 0.5) is 4.39 Å². The number of rotatable bonds is 5. The van der Waals surface area contributed by atoms with E-state index in [-0.39, 0.29) is 11.9 Å². The van der Waals surface area contributed by atoms with Crippen LogP contribution in [0.1, 0.15) is 30.7 Å². The number of fused-ring (bicyclic) bond motifs is 2. The number of para-hydroxylation sites is 1. The predicted octanol–water partition coefficient (Wildman–Crippen LogP) is 4.39. The Kier molecular flexibility index (Phi) is 5.03. The molecule has 1 aromatic heterocycles. The van der Waals surface area contributed by atoms with Crippen LogP contribution in [0.3, 0.4) is 0 Å². The summed E-state index contributed by atoms with van der Waals surface area (Å²) in [6, 6.07) is 11.2. The zero-order valence-corrected chi connectivity index (χ0v) is 17.4. The van der Waals surface area contributed by atoms with Crippen LogP contribution in [0, 0.1) is 5.82 Å². The van der Waals surface area contributed by atoms with Crippen LogP contribution in [0.2, 0.25) is 0 Å². The smallest absolute Gasteiger partial charge is 0.204 e. The van der Waals surface area contributed by atoms with Gasteiger partial charge < -0.3 is 24.1 Å². The third kappa shape index (κ3) is 3.49. The first kappa shape index (κ1) is 19.2. The van der Waals surface area contributed by atoms with E-state index in [0.717, 1.165) is 42.5 Å². The van der Waals surface area contributed by atoms with Crippen LogP contribution in [0.5, 0.6) is 17.2 Å². The number of hydrogen-bond donors (Lipinski definition) is 1. The normalized spacial score (nSPS) is 23.1. The van der Waals surface area contributed by atoms with Crippen LogP contribution in [0.15, 0.2) is 42.6 Å². The SMILES string of the molecule is COc1cccc2c1O[C@@H](CN[C@@H]1CC[C@H](c3cn(C)c4ccc(F)cc34)C1)CO2. The van der Waals surface area contributed by atoms with Gasteiger partial charge in [-0.2, -0.15) is 0 Å². The lowest BCUT2D eigenvalue weighted by Gasteiger charge is -2.28. The number of methoxy groups -OCH3 is 1. The Hall–Kier alpha value is -2.73. The second-order valence-corrected chi connectivity index (χ2v) is 8.31. The average Bonchev–Trinajstić information content (AvgIpc) is 3.36. The molecule has 5 nitrogen and oxygen atoms in total. The van der Waals surface area contributed by atoms with E-state index in [1.54, 1.807) is 13.2 Å². The summed E-state index contributed by atoms with van der Waals surface area (Å²) in [5, 5.41) is 4.70. The minimum Gasteiger partial charge on any atom is -0.493 e. The molecule has 0 radical (unpaired) electrons. The number of halogens is 1. The maximum absolute atomic E-state index is 13.8. The van der Waals surface area contributed by atoms with Gasteiger partial charge in [-0.05, 0) is 61.1 Å². The van der Waals surface area contributed by atoms with Gasteiger partial charge in [0, 0.05) is 36.7 Å². The summed E-state index contributed by atoms with van der Waals surface area (Å²) in [6.45, 7) is 1.24. The van der Waals surface area contributed by atoms with E-state index in [9.17, 15) is 4.39 Å². The Morgan fingerprint density at radius 3 is 3.00 bits per heavy atom. The lowest BCUT2D eigenvalue weighted by Crippen LogP contribution is -2.41. The molecule has 30 heavy (non-hydrogen) atoms. The maximum atomic E-state index is 13.8. The Morgan fingerprint density at radius 2 is 2.13 bits per heavy atom. The molecule has 1 aliphatic heterocycles. The van der Waals surface area contributed by atoms with Crippen LogP contribution in [-0.2, 0) is 7.05 Å². The second kappa shape index (κ2) is 7.84. The molecule has 1 saturated carbocycles. The predicted molar refractivity (Wildman–Crippen MR) is 114 cm³/mol. The molecule has 0 bridgehead atoms. The van der Waals surface area contributed by atoms with Gasteiger partial charge >= 0.3 is 0 Å². The Bertz CT molecular complexity index is 1050. The van der Waals surface area contributed by atoms with Crippen molar-refractivity contribution in [1.29, 1.82) is 0 Å². The van der Waals surface area contributed by atoms with Crippen LogP contribution in [-0.4, -0.2) is 37.0 Å². The highest BCUT2D eigenvalue weighted by Crippen LogP contribution is 2.41. The van der Waals surface area contributed by atoms with Gasteiger partial charge in [-0.1, -0.05) is 6.07 Å². The van der Waals surface area contributed by atoms with Crippen molar-refractivity contribution in [2.75, 3.05) is 20.3 Å². The molecule has 1 aliphatic carbocycles. The number of aryl methyl sites for hydroxylation is 1. The second-order valence-electron chi connectivity index (χ2n) is 8.31. The van der Waals surface area contributed by atoms with Crippen molar-refractivity contribution in [3.05, 3.63) is 54.0 Å². The third-order valence-corrected chi connectivity index (χ3v) is 6.36. The van der Waals surface area contributed by atoms with Crippen molar-refractivity contribution >= 4 is 10.9 Å². The van der Waals surface area contributed by atoms with Crippen LogP contribution in [0.25, 0.3) is 10.9 Å². The van der Waals surface area contributed by atoms with Crippen molar-refractivity contribution in [3.63, 3.8) is 0 Å². The van der Waals surface area contributed by atoms with Gasteiger partial charge in [0.25, 0.3) is 0 Å². The summed E-state index contributed by atoms with van der Waals surface area (Å²) in [6.07, 6.45) is 5.36. The highest BCUT2D eigenvalue weighted by molar-refractivity contribution is 5.84. The van der Waals surface area contributed by atoms with E-state index < -0.39 is 0 Å². The number of nitrogens with zero attached hydrogens (tertiary/aromatic N) is 1. The molecule has 6 heteroatoms. The lowest BCUT2D eigenvalue weighted by atomic mass is 9.97. The van der Waals surface area contributed by atoms with Crippen molar-refractivity contribution in [3.8, 4) is 17.2 Å². The molecule has 1 fully saturated rings. The van der Waals surface area contributed by atoms with Crippen molar-refractivity contribution < 1.29 is 18.6 Å². The van der Waals surface area contributed by atoms with Gasteiger partial charge in [-0.15, -0.1) is 0 Å². The molecular formula is C24H27FN2O3. The summed E-state index contributed by atoms with van der Waals surface area (Å²) in [7, 11) is 3.67. The third-order valence-electron chi connectivity index (χ3n) is 6.36.